The molecule has 6 heteroatoms. The van der Waals surface area contributed by atoms with Gasteiger partial charge in [-0.2, -0.15) is 0 Å². The molecule has 2 aromatic rings. The highest BCUT2D eigenvalue weighted by Crippen LogP contribution is 2.39. The molecule has 2 aromatic carbocycles. The zero-order valence-corrected chi connectivity index (χ0v) is 17.3. The predicted octanol–water partition coefficient (Wildman–Crippen LogP) is 4.15. The highest BCUT2D eigenvalue weighted by Gasteiger charge is 2.46. The van der Waals surface area contributed by atoms with Gasteiger partial charge in [0, 0.05) is 17.5 Å². The van der Waals surface area contributed by atoms with E-state index in [1.165, 1.54) is 12.1 Å². The van der Waals surface area contributed by atoms with Crippen LogP contribution in [0.4, 0.5) is 8.78 Å². The van der Waals surface area contributed by atoms with E-state index in [4.69, 9.17) is 15.2 Å². The van der Waals surface area contributed by atoms with Crippen molar-refractivity contribution < 1.29 is 23.4 Å². The van der Waals surface area contributed by atoms with Gasteiger partial charge in [0.1, 0.15) is 11.6 Å². The monoisotopic (exact) mass is 407 g/mol. The Labute approximate surface area is 171 Å². The minimum Gasteiger partial charge on any atom is -0.393 e. The second-order valence-corrected chi connectivity index (χ2v) is 7.18. The second kappa shape index (κ2) is 10.8. The summed E-state index contributed by atoms with van der Waals surface area (Å²) in [6.07, 6.45) is -0.617. The zero-order valence-electron chi connectivity index (χ0n) is 17.3. The molecule has 1 fully saturated rings. The van der Waals surface area contributed by atoms with Gasteiger partial charge in [0.05, 0.1) is 37.6 Å². The first kappa shape index (κ1) is 23.4. The quantitative estimate of drug-likeness (QED) is 0.755. The summed E-state index contributed by atoms with van der Waals surface area (Å²) < 4.78 is 39.1. The van der Waals surface area contributed by atoms with Crippen LogP contribution in [0, 0.1) is 17.6 Å². The number of hydrogen-bond donors (Lipinski definition) is 2. The summed E-state index contributed by atoms with van der Waals surface area (Å²) >= 11 is 0. The molecule has 0 spiro atoms. The molecule has 0 aromatic heterocycles. The summed E-state index contributed by atoms with van der Waals surface area (Å²) in [5, 5.41) is 10.3. The van der Waals surface area contributed by atoms with E-state index in [1.807, 2.05) is 44.2 Å². The van der Waals surface area contributed by atoms with Crippen molar-refractivity contribution >= 4 is 0 Å². The highest BCUT2D eigenvalue weighted by molar-refractivity contribution is 5.29. The maximum atomic E-state index is 14.3. The van der Waals surface area contributed by atoms with Gasteiger partial charge in [0.2, 0.25) is 0 Å². The van der Waals surface area contributed by atoms with Crippen LogP contribution in [0.1, 0.15) is 38.3 Å². The lowest BCUT2D eigenvalue weighted by Crippen LogP contribution is -2.57. The van der Waals surface area contributed by atoms with Crippen LogP contribution in [-0.2, 0) is 21.6 Å². The van der Waals surface area contributed by atoms with Crippen LogP contribution in [0.15, 0.2) is 48.5 Å². The van der Waals surface area contributed by atoms with Crippen molar-refractivity contribution in [3.05, 3.63) is 71.3 Å². The molecule has 3 unspecified atom stereocenters. The SMILES string of the molecule is CC.CC(O)C1C[C@H](COCc2ccccc2)OCC1(N)c1ccc(F)cc1F. The van der Waals surface area contributed by atoms with Crippen LogP contribution >= 0.6 is 0 Å². The number of hydrogen-bond acceptors (Lipinski definition) is 4. The highest BCUT2D eigenvalue weighted by atomic mass is 19.1. The van der Waals surface area contributed by atoms with E-state index in [1.54, 1.807) is 6.92 Å². The normalized spacial score (nSPS) is 25.1. The van der Waals surface area contributed by atoms with Gasteiger partial charge in [0.25, 0.3) is 0 Å². The van der Waals surface area contributed by atoms with Crippen LogP contribution in [0.2, 0.25) is 0 Å². The molecular weight excluding hydrogens is 376 g/mol. The zero-order chi connectivity index (χ0) is 21.4. The maximum absolute atomic E-state index is 14.3. The summed E-state index contributed by atoms with van der Waals surface area (Å²) in [5.41, 5.74) is 6.44. The molecule has 160 valence electrons. The molecule has 29 heavy (non-hydrogen) atoms. The first-order chi connectivity index (χ1) is 13.9. The fourth-order valence-electron chi connectivity index (χ4n) is 3.69. The lowest BCUT2D eigenvalue weighted by atomic mass is 9.72. The van der Waals surface area contributed by atoms with Crippen LogP contribution in [0.3, 0.4) is 0 Å². The first-order valence-electron chi connectivity index (χ1n) is 10.1. The van der Waals surface area contributed by atoms with E-state index in [-0.39, 0.29) is 18.3 Å². The Morgan fingerprint density at radius 1 is 1.21 bits per heavy atom. The van der Waals surface area contributed by atoms with Crippen molar-refractivity contribution in [2.75, 3.05) is 13.2 Å². The molecule has 0 aliphatic carbocycles. The van der Waals surface area contributed by atoms with Gasteiger partial charge in [0.15, 0.2) is 0 Å². The summed E-state index contributed by atoms with van der Waals surface area (Å²) in [4.78, 5) is 0. The van der Waals surface area contributed by atoms with E-state index in [2.05, 4.69) is 0 Å². The number of nitrogens with two attached hydrogens (primary N) is 1. The van der Waals surface area contributed by atoms with Gasteiger partial charge >= 0.3 is 0 Å². The lowest BCUT2D eigenvalue weighted by Gasteiger charge is -2.45. The molecule has 0 bridgehead atoms. The van der Waals surface area contributed by atoms with Crippen molar-refractivity contribution in [2.45, 2.75) is 51.5 Å². The largest absolute Gasteiger partial charge is 0.393 e. The average Bonchev–Trinajstić information content (AvgIpc) is 2.71. The molecular formula is C23H31F2NO3. The Bertz CT molecular complexity index is 757. The number of halogens is 2. The van der Waals surface area contributed by atoms with Gasteiger partial charge in [-0.05, 0) is 25.0 Å². The first-order valence-corrected chi connectivity index (χ1v) is 10.1. The Hall–Kier alpha value is -1.86. The minimum absolute atomic E-state index is 0.0183. The van der Waals surface area contributed by atoms with Gasteiger partial charge in [-0.1, -0.05) is 50.2 Å². The summed E-state index contributed by atoms with van der Waals surface area (Å²) in [6.45, 7) is 6.45. The number of aliphatic hydroxyl groups excluding tert-OH is 1. The Morgan fingerprint density at radius 3 is 2.52 bits per heavy atom. The summed E-state index contributed by atoms with van der Waals surface area (Å²) in [6, 6.07) is 13.1. The third-order valence-electron chi connectivity index (χ3n) is 5.17. The molecule has 0 amide bonds. The van der Waals surface area contributed by atoms with E-state index >= 15 is 0 Å². The maximum Gasteiger partial charge on any atom is 0.131 e. The summed E-state index contributed by atoms with van der Waals surface area (Å²) in [7, 11) is 0. The van der Waals surface area contributed by atoms with E-state index in [0.717, 1.165) is 11.6 Å². The van der Waals surface area contributed by atoms with Crippen molar-refractivity contribution in [3.63, 3.8) is 0 Å². The Kier molecular flexibility index (Phi) is 8.71. The standard InChI is InChI=1S/C21H25F2NO3.C2H6/c1-14(25)19-10-17(12-26-11-15-5-3-2-4-6-15)27-13-21(19,24)18-8-7-16(22)9-20(18)23;1-2/h2-9,14,17,19,25H,10-13,24H2,1H3;1-2H3/t14?,17-,19?,21?;/m1./s1. The average molecular weight is 408 g/mol. The minimum atomic E-state index is -1.23. The Morgan fingerprint density at radius 2 is 1.90 bits per heavy atom. The lowest BCUT2D eigenvalue weighted by molar-refractivity contribution is -0.119. The molecule has 0 saturated carbocycles. The van der Waals surface area contributed by atoms with E-state index < -0.39 is 29.2 Å². The van der Waals surface area contributed by atoms with E-state index in [0.29, 0.717) is 19.6 Å². The van der Waals surface area contributed by atoms with Crippen LogP contribution < -0.4 is 5.73 Å². The number of benzene rings is 2. The molecule has 1 heterocycles. The molecule has 1 aliphatic heterocycles. The molecule has 3 rings (SSSR count). The fourth-order valence-corrected chi connectivity index (χ4v) is 3.69. The topological polar surface area (TPSA) is 64.7 Å². The molecule has 4 nitrogen and oxygen atoms in total. The van der Waals surface area contributed by atoms with Crippen LogP contribution in [-0.4, -0.2) is 30.5 Å². The number of rotatable bonds is 6. The van der Waals surface area contributed by atoms with Crippen molar-refractivity contribution in [1.29, 1.82) is 0 Å². The Balaban J connectivity index is 0.00000145. The van der Waals surface area contributed by atoms with Gasteiger partial charge < -0.3 is 20.3 Å². The third kappa shape index (κ3) is 5.82. The third-order valence-corrected chi connectivity index (χ3v) is 5.17. The van der Waals surface area contributed by atoms with Gasteiger partial charge in [-0.15, -0.1) is 0 Å². The van der Waals surface area contributed by atoms with Crippen molar-refractivity contribution in [1.82, 2.24) is 0 Å². The van der Waals surface area contributed by atoms with Crippen LogP contribution in [0.25, 0.3) is 0 Å². The fraction of sp³-hybridized carbons (Fsp3) is 0.478. The number of ether oxygens (including phenoxy) is 2. The van der Waals surface area contributed by atoms with Crippen molar-refractivity contribution in [2.24, 2.45) is 11.7 Å². The molecule has 1 saturated heterocycles. The predicted molar refractivity (Wildman–Crippen MR) is 109 cm³/mol. The molecule has 0 radical (unpaired) electrons. The smallest absolute Gasteiger partial charge is 0.131 e. The molecule has 1 aliphatic rings. The molecule has 4 atom stereocenters. The second-order valence-electron chi connectivity index (χ2n) is 7.18. The summed E-state index contributed by atoms with van der Waals surface area (Å²) in [5.74, 6) is -1.85. The molecule has 3 N–H and O–H groups in total. The van der Waals surface area contributed by atoms with Gasteiger partial charge in [-0.25, -0.2) is 8.78 Å². The van der Waals surface area contributed by atoms with Crippen molar-refractivity contribution in [3.8, 4) is 0 Å². The van der Waals surface area contributed by atoms with Crippen LogP contribution in [0.5, 0.6) is 0 Å². The number of aliphatic hydroxyl groups is 1. The van der Waals surface area contributed by atoms with E-state index in [9.17, 15) is 13.9 Å². The van der Waals surface area contributed by atoms with Gasteiger partial charge in [-0.3, -0.25) is 0 Å².